The highest BCUT2D eigenvalue weighted by molar-refractivity contribution is 6.36. The molecule has 1 aromatic heterocycles. The summed E-state index contributed by atoms with van der Waals surface area (Å²) in [4.78, 5) is 7.05. The summed E-state index contributed by atoms with van der Waals surface area (Å²) in [6.45, 7) is 7.61. The maximum Gasteiger partial charge on any atom is 0.0722 e. The van der Waals surface area contributed by atoms with Gasteiger partial charge in [0.05, 0.1) is 23.8 Å². The quantitative estimate of drug-likeness (QED) is 0.845. The number of pyridine rings is 1. The number of halogens is 1. The molecule has 0 aliphatic carbocycles. The molecule has 0 radical (unpaired) electrons. The fourth-order valence-electron chi connectivity index (χ4n) is 2.72. The van der Waals surface area contributed by atoms with Gasteiger partial charge in [-0.25, -0.2) is 0 Å². The number of morpholine rings is 1. The summed E-state index contributed by atoms with van der Waals surface area (Å²) in [5.41, 5.74) is 4.37. The van der Waals surface area contributed by atoms with E-state index in [1.54, 1.807) is 0 Å². The Morgan fingerprint density at radius 3 is 2.75 bits per heavy atom. The number of rotatable bonds is 2. The van der Waals surface area contributed by atoms with E-state index in [0.29, 0.717) is 0 Å². The fourth-order valence-corrected chi connectivity index (χ4v) is 2.98. The smallest absolute Gasteiger partial charge is 0.0722 e. The van der Waals surface area contributed by atoms with Crippen LogP contribution < -0.4 is 4.90 Å². The molecular weight excluding hydrogens is 272 g/mol. The lowest BCUT2D eigenvalue weighted by atomic mass is 10.1. The van der Waals surface area contributed by atoms with E-state index in [9.17, 15) is 0 Å². The number of hydrogen-bond acceptors (Lipinski definition) is 3. The molecule has 1 aromatic carbocycles. The summed E-state index contributed by atoms with van der Waals surface area (Å²) in [6, 6.07) is 6.36. The van der Waals surface area contributed by atoms with Crippen molar-refractivity contribution in [3.05, 3.63) is 34.5 Å². The Labute approximate surface area is 124 Å². The molecule has 0 saturated carbocycles. The van der Waals surface area contributed by atoms with Gasteiger partial charge in [0.25, 0.3) is 0 Å². The number of anilines is 1. The van der Waals surface area contributed by atoms with Gasteiger partial charge in [-0.15, -0.1) is 0 Å². The Morgan fingerprint density at radius 1 is 1.30 bits per heavy atom. The van der Waals surface area contributed by atoms with Crippen molar-refractivity contribution < 1.29 is 4.74 Å². The lowest BCUT2D eigenvalue weighted by Gasteiger charge is -2.29. The second kappa shape index (κ2) is 5.58. The van der Waals surface area contributed by atoms with Crippen LogP contribution in [0.4, 0.5) is 5.69 Å². The Bertz CT molecular complexity index is 636. The van der Waals surface area contributed by atoms with Gasteiger partial charge in [-0.2, -0.15) is 0 Å². The monoisotopic (exact) mass is 290 g/mol. The lowest BCUT2D eigenvalue weighted by Crippen LogP contribution is -2.36. The van der Waals surface area contributed by atoms with E-state index >= 15 is 0 Å². The molecule has 1 fully saturated rings. The Hall–Kier alpha value is -1.32. The molecule has 0 bridgehead atoms. The minimum atomic E-state index is 0.790. The van der Waals surface area contributed by atoms with Crippen LogP contribution in [0.3, 0.4) is 0 Å². The minimum absolute atomic E-state index is 0.790. The maximum absolute atomic E-state index is 6.54. The SMILES string of the molecule is CCc1nc2ccc(N3CCOCC3)cc2c(Cl)c1C. The first kappa shape index (κ1) is 13.7. The summed E-state index contributed by atoms with van der Waals surface area (Å²) in [5, 5.41) is 1.88. The van der Waals surface area contributed by atoms with Crippen molar-refractivity contribution in [3.63, 3.8) is 0 Å². The average molecular weight is 291 g/mol. The van der Waals surface area contributed by atoms with E-state index in [1.807, 2.05) is 0 Å². The summed E-state index contributed by atoms with van der Waals surface area (Å²) in [7, 11) is 0. The summed E-state index contributed by atoms with van der Waals surface area (Å²) in [6.07, 6.45) is 0.909. The van der Waals surface area contributed by atoms with Crippen LogP contribution in [0.15, 0.2) is 18.2 Å². The summed E-state index contributed by atoms with van der Waals surface area (Å²) < 4.78 is 5.40. The standard InChI is InChI=1S/C16H19ClN2O/c1-3-14-11(2)16(17)13-10-12(4-5-15(13)18-14)19-6-8-20-9-7-19/h4-5,10H,3,6-9H2,1-2H3. The zero-order valence-electron chi connectivity index (χ0n) is 11.9. The van der Waals surface area contributed by atoms with Crippen molar-refractivity contribution in [1.82, 2.24) is 4.98 Å². The van der Waals surface area contributed by atoms with E-state index in [-0.39, 0.29) is 0 Å². The van der Waals surface area contributed by atoms with E-state index in [4.69, 9.17) is 21.3 Å². The predicted molar refractivity (Wildman–Crippen MR) is 83.9 cm³/mol. The number of aryl methyl sites for hydroxylation is 1. The van der Waals surface area contributed by atoms with Crippen LogP contribution in [0.1, 0.15) is 18.2 Å². The first-order valence-corrected chi connectivity index (χ1v) is 7.50. The maximum atomic E-state index is 6.54. The lowest BCUT2D eigenvalue weighted by molar-refractivity contribution is 0.122. The second-order valence-corrected chi connectivity index (χ2v) is 5.53. The fraction of sp³-hybridized carbons (Fsp3) is 0.438. The van der Waals surface area contributed by atoms with Crippen LogP contribution in [0.25, 0.3) is 10.9 Å². The zero-order valence-corrected chi connectivity index (χ0v) is 12.7. The summed E-state index contributed by atoms with van der Waals surface area (Å²) in [5.74, 6) is 0. The average Bonchev–Trinajstić information content (AvgIpc) is 2.51. The zero-order chi connectivity index (χ0) is 14.1. The molecule has 3 rings (SSSR count). The second-order valence-electron chi connectivity index (χ2n) is 5.15. The largest absolute Gasteiger partial charge is 0.378 e. The number of benzene rings is 1. The molecule has 2 heterocycles. The van der Waals surface area contributed by atoms with Gasteiger partial charge in [0.2, 0.25) is 0 Å². The van der Waals surface area contributed by atoms with Crippen molar-refractivity contribution in [2.75, 3.05) is 31.2 Å². The Kier molecular flexibility index (Phi) is 3.81. The topological polar surface area (TPSA) is 25.4 Å². The van der Waals surface area contributed by atoms with E-state index in [2.05, 4.69) is 36.9 Å². The van der Waals surface area contributed by atoms with E-state index in [1.165, 1.54) is 5.69 Å². The van der Waals surface area contributed by atoms with Gasteiger partial charge in [-0.3, -0.25) is 4.98 Å². The summed E-state index contributed by atoms with van der Waals surface area (Å²) >= 11 is 6.54. The molecule has 0 atom stereocenters. The van der Waals surface area contributed by atoms with Crippen LogP contribution in [-0.4, -0.2) is 31.3 Å². The molecule has 4 heteroatoms. The highest BCUT2D eigenvalue weighted by atomic mass is 35.5. The van der Waals surface area contributed by atoms with Crippen LogP contribution in [0, 0.1) is 6.92 Å². The molecule has 2 aromatic rings. The molecule has 1 aliphatic rings. The number of fused-ring (bicyclic) bond motifs is 1. The Morgan fingerprint density at radius 2 is 2.05 bits per heavy atom. The molecule has 1 saturated heterocycles. The van der Waals surface area contributed by atoms with Gasteiger partial charge < -0.3 is 9.64 Å². The molecule has 0 unspecified atom stereocenters. The van der Waals surface area contributed by atoms with Crippen molar-refractivity contribution in [1.29, 1.82) is 0 Å². The van der Waals surface area contributed by atoms with Gasteiger partial charge in [0.1, 0.15) is 0 Å². The van der Waals surface area contributed by atoms with Gasteiger partial charge >= 0.3 is 0 Å². The van der Waals surface area contributed by atoms with Gasteiger partial charge in [-0.1, -0.05) is 18.5 Å². The number of nitrogens with zero attached hydrogens (tertiary/aromatic N) is 2. The van der Waals surface area contributed by atoms with Crippen molar-refractivity contribution >= 4 is 28.2 Å². The highest BCUT2D eigenvalue weighted by Crippen LogP contribution is 2.31. The molecule has 0 spiro atoms. The normalized spacial score (nSPS) is 15.8. The van der Waals surface area contributed by atoms with Crippen LogP contribution in [0.2, 0.25) is 5.02 Å². The number of aromatic nitrogens is 1. The van der Waals surface area contributed by atoms with Gasteiger partial charge in [0, 0.05) is 29.9 Å². The third-order valence-electron chi connectivity index (χ3n) is 3.95. The van der Waals surface area contributed by atoms with Crippen molar-refractivity contribution in [2.45, 2.75) is 20.3 Å². The van der Waals surface area contributed by atoms with Crippen LogP contribution in [-0.2, 0) is 11.2 Å². The van der Waals surface area contributed by atoms with E-state index in [0.717, 1.165) is 59.9 Å². The molecular formula is C16H19ClN2O. The van der Waals surface area contributed by atoms with Crippen LogP contribution in [0.5, 0.6) is 0 Å². The van der Waals surface area contributed by atoms with Gasteiger partial charge in [0.15, 0.2) is 0 Å². The Balaban J connectivity index is 2.08. The molecule has 106 valence electrons. The van der Waals surface area contributed by atoms with E-state index < -0.39 is 0 Å². The first-order valence-electron chi connectivity index (χ1n) is 7.12. The third kappa shape index (κ3) is 2.36. The molecule has 1 aliphatic heterocycles. The third-order valence-corrected chi connectivity index (χ3v) is 4.43. The molecule has 0 amide bonds. The number of ether oxygens (including phenoxy) is 1. The number of hydrogen-bond donors (Lipinski definition) is 0. The van der Waals surface area contributed by atoms with Crippen molar-refractivity contribution in [3.8, 4) is 0 Å². The minimum Gasteiger partial charge on any atom is -0.378 e. The molecule has 0 N–H and O–H groups in total. The predicted octanol–water partition coefficient (Wildman–Crippen LogP) is 3.60. The van der Waals surface area contributed by atoms with Crippen LogP contribution >= 0.6 is 11.6 Å². The molecule has 20 heavy (non-hydrogen) atoms. The van der Waals surface area contributed by atoms with Crippen molar-refractivity contribution in [2.24, 2.45) is 0 Å². The van der Waals surface area contributed by atoms with Gasteiger partial charge in [-0.05, 0) is 37.1 Å². The first-order chi connectivity index (χ1) is 9.70. The molecule has 3 nitrogen and oxygen atoms in total. The highest BCUT2D eigenvalue weighted by Gasteiger charge is 2.14.